The molecular weight excluding hydrogens is 404 g/mol. The largest absolute Gasteiger partial charge is 0.507 e. The lowest BCUT2D eigenvalue weighted by atomic mass is 9.98. The first-order valence-corrected chi connectivity index (χ1v) is 10.6. The number of ether oxygens (including phenoxy) is 1. The Kier molecular flexibility index (Phi) is 5.01. The van der Waals surface area contributed by atoms with Crippen LogP contribution in [0.25, 0.3) is 22.3 Å². The number of nitrogens with zero attached hydrogens (tertiary/aromatic N) is 3. The van der Waals surface area contributed by atoms with Crippen LogP contribution in [0.5, 0.6) is 5.75 Å². The van der Waals surface area contributed by atoms with Crippen molar-refractivity contribution < 1.29 is 14.6 Å². The zero-order valence-corrected chi connectivity index (χ0v) is 17.7. The molecule has 2 aliphatic rings. The summed E-state index contributed by atoms with van der Waals surface area (Å²) in [6.45, 7) is 3.55. The van der Waals surface area contributed by atoms with E-state index in [0.717, 1.165) is 41.8 Å². The number of phenols is 1. The molecule has 2 atom stereocenters. The van der Waals surface area contributed by atoms with E-state index in [1.807, 2.05) is 37.3 Å². The summed E-state index contributed by atoms with van der Waals surface area (Å²) in [7, 11) is 0. The molecule has 3 N–H and O–H groups in total. The predicted octanol–water partition coefficient (Wildman–Crippen LogP) is 3.46. The molecule has 0 bridgehead atoms. The minimum atomic E-state index is -0.450. The van der Waals surface area contributed by atoms with Crippen LogP contribution < -0.4 is 10.6 Å². The number of para-hydroxylation sites is 1. The van der Waals surface area contributed by atoms with Gasteiger partial charge in [0.15, 0.2) is 5.82 Å². The molecular formula is C25H24N4O3. The standard InChI is InChI=1S/C25H24N4O3/c1-15-6-7-18-20(12-15)27-24(19-4-2-3-5-21(19)30)28-25(18)29-10-8-17(14-29)22-13-16(23(26)31)9-11-32-22/h2-7,9,11-13,17,22,30H,8,10,14H2,1H3,(H2,26,31)/t17-,22?/m1/s1. The lowest BCUT2D eigenvalue weighted by molar-refractivity contribution is -0.114. The Morgan fingerprint density at radius 1 is 1.22 bits per heavy atom. The van der Waals surface area contributed by atoms with Crippen molar-refractivity contribution in [1.82, 2.24) is 9.97 Å². The Balaban J connectivity index is 1.52. The first kappa shape index (κ1) is 20.1. The topological polar surface area (TPSA) is 102 Å². The molecule has 2 aliphatic heterocycles. The van der Waals surface area contributed by atoms with E-state index in [4.69, 9.17) is 20.4 Å². The Labute approximate surface area is 185 Å². The van der Waals surface area contributed by atoms with Crippen molar-refractivity contribution in [2.45, 2.75) is 19.4 Å². The fourth-order valence-electron chi connectivity index (χ4n) is 4.38. The number of aryl methyl sites for hydroxylation is 1. The first-order chi connectivity index (χ1) is 15.5. The third-order valence-electron chi connectivity index (χ3n) is 6.08. The quantitative estimate of drug-likeness (QED) is 0.660. The van der Waals surface area contributed by atoms with Gasteiger partial charge < -0.3 is 20.5 Å². The summed E-state index contributed by atoms with van der Waals surface area (Å²) in [6, 6.07) is 13.2. The van der Waals surface area contributed by atoms with Crippen LogP contribution >= 0.6 is 0 Å². The lowest BCUT2D eigenvalue weighted by Gasteiger charge is -2.24. The number of hydrogen-bond donors (Lipinski definition) is 2. The molecule has 3 aromatic rings. The van der Waals surface area contributed by atoms with Gasteiger partial charge in [0.1, 0.15) is 17.7 Å². The molecule has 1 unspecified atom stereocenters. The highest BCUT2D eigenvalue weighted by Gasteiger charge is 2.32. The second-order valence-corrected chi connectivity index (χ2v) is 8.29. The van der Waals surface area contributed by atoms with Crippen molar-refractivity contribution in [3.63, 3.8) is 0 Å². The highest BCUT2D eigenvalue weighted by Crippen LogP contribution is 2.35. The SMILES string of the molecule is Cc1ccc2c(N3CC[C@@H](C4C=C(C(N)=O)C=CO4)C3)nc(-c3ccccc3O)nc2c1. The molecule has 3 heterocycles. The van der Waals surface area contributed by atoms with E-state index in [1.54, 1.807) is 24.5 Å². The van der Waals surface area contributed by atoms with E-state index in [1.165, 1.54) is 0 Å². The van der Waals surface area contributed by atoms with Gasteiger partial charge in [0.25, 0.3) is 0 Å². The molecule has 0 spiro atoms. The third kappa shape index (κ3) is 3.66. The van der Waals surface area contributed by atoms with Gasteiger partial charge in [-0.15, -0.1) is 0 Å². The van der Waals surface area contributed by atoms with Crippen molar-refractivity contribution in [3.05, 3.63) is 72.0 Å². The highest BCUT2D eigenvalue weighted by atomic mass is 16.5. The minimum absolute atomic E-state index is 0.149. The number of aromatic nitrogens is 2. The third-order valence-corrected chi connectivity index (χ3v) is 6.08. The molecule has 7 heteroatoms. The van der Waals surface area contributed by atoms with Gasteiger partial charge in [-0.3, -0.25) is 4.79 Å². The van der Waals surface area contributed by atoms with E-state index in [0.29, 0.717) is 17.0 Å². The number of nitrogens with two attached hydrogens (primary N) is 1. The zero-order valence-electron chi connectivity index (χ0n) is 17.7. The molecule has 0 radical (unpaired) electrons. The molecule has 162 valence electrons. The van der Waals surface area contributed by atoms with Gasteiger partial charge in [0.2, 0.25) is 5.91 Å². The lowest BCUT2D eigenvalue weighted by Crippen LogP contribution is -2.29. The molecule has 7 nitrogen and oxygen atoms in total. The maximum atomic E-state index is 11.6. The van der Waals surface area contributed by atoms with E-state index in [9.17, 15) is 9.90 Å². The van der Waals surface area contributed by atoms with Crippen molar-refractivity contribution in [1.29, 1.82) is 0 Å². The molecule has 1 fully saturated rings. The van der Waals surface area contributed by atoms with Crippen LogP contribution in [-0.4, -0.2) is 40.2 Å². The van der Waals surface area contributed by atoms with Crippen LogP contribution in [-0.2, 0) is 9.53 Å². The summed E-state index contributed by atoms with van der Waals surface area (Å²) < 4.78 is 5.78. The van der Waals surface area contributed by atoms with Crippen LogP contribution in [0.3, 0.4) is 0 Å². The monoisotopic (exact) mass is 428 g/mol. The smallest absolute Gasteiger partial charge is 0.248 e. The summed E-state index contributed by atoms with van der Waals surface area (Å²) >= 11 is 0. The van der Waals surface area contributed by atoms with Crippen LogP contribution in [0.4, 0.5) is 5.82 Å². The number of amides is 1. The number of aromatic hydroxyl groups is 1. The van der Waals surface area contributed by atoms with E-state index in [2.05, 4.69) is 11.0 Å². The van der Waals surface area contributed by atoms with Gasteiger partial charge in [-0.2, -0.15) is 0 Å². The Bertz CT molecular complexity index is 1270. The molecule has 1 saturated heterocycles. The molecule has 1 amide bonds. The van der Waals surface area contributed by atoms with E-state index >= 15 is 0 Å². The second kappa shape index (κ2) is 8.00. The second-order valence-electron chi connectivity index (χ2n) is 8.29. The number of rotatable bonds is 4. The van der Waals surface area contributed by atoms with Gasteiger partial charge in [-0.1, -0.05) is 18.2 Å². The Morgan fingerprint density at radius 2 is 2.06 bits per heavy atom. The molecule has 0 aliphatic carbocycles. The van der Waals surface area contributed by atoms with Crippen LogP contribution in [0.15, 0.2) is 66.5 Å². The van der Waals surface area contributed by atoms with Gasteiger partial charge in [0, 0.05) is 30.0 Å². The summed E-state index contributed by atoms with van der Waals surface area (Å²) in [4.78, 5) is 23.4. The fraction of sp³-hybridized carbons (Fsp3) is 0.240. The minimum Gasteiger partial charge on any atom is -0.507 e. The van der Waals surface area contributed by atoms with Gasteiger partial charge >= 0.3 is 0 Å². The van der Waals surface area contributed by atoms with Crippen molar-refractivity contribution in [2.24, 2.45) is 11.7 Å². The van der Waals surface area contributed by atoms with E-state index in [-0.39, 0.29) is 17.8 Å². The number of phenolic OH excluding ortho intramolecular Hbond substituents is 1. The molecule has 0 saturated carbocycles. The van der Waals surface area contributed by atoms with Crippen LogP contribution in [0.2, 0.25) is 0 Å². The van der Waals surface area contributed by atoms with E-state index < -0.39 is 5.91 Å². The predicted molar refractivity (Wildman–Crippen MR) is 123 cm³/mol. The van der Waals surface area contributed by atoms with Gasteiger partial charge in [-0.05, 0) is 55.3 Å². The molecule has 2 aromatic carbocycles. The molecule has 1 aromatic heterocycles. The van der Waals surface area contributed by atoms with Crippen LogP contribution in [0.1, 0.15) is 12.0 Å². The number of benzene rings is 2. The zero-order chi connectivity index (χ0) is 22.2. The number of carbonyl (C=O) groups is 1. The summed E-state index contributed by atoms with van der Waals surface area (Å²) in [5, 5.41) is 11.3. The highest BCUT2D eigenvalue weighted by molar-refractivity contribution is 5.95. The molecule has 32 heavy (non-hydrogen) atoms. The molecule has 5 rings (SSSR count). The Hall–Kier alpha value is -3.87. The summed E-state index contributed by atoms with van der Waals surface area (Å²) in [5.74, 6) is 1.22. The van der Waals surface area contributed by atoms with Crippen molar-refractivity contribution >= 4 is 22.6 Å². The van der Waals surface area contributed by atoms with Crippen LogP contribution in [0, 0.1) is 12.8 Å². The number of anilines is 1. The Morgan fingerprint density at radius 3 is 2.88 bits per heavy atom. The van der Waals surface area contributed by atoms with Gasteiger partial charge in [-0.25, -0.2) is 9.97 Å². The number of fused-ring (bicyclic) bond motifs is 1. The normalized spacial score (nSPS) is 20.3. The average Bonchev–Trinajstić information content (AvgIpc) is 3.29. The summed E-state index contributed by atoms with van der Waals surface area (Å²) in [5.41, 5.74) is 8.46. The number of primary amides is 1. The van der Waals surface area contributed by atoms with Gasteiger partial charge in [0.05, 0.1) is 17.3 Å². The number of carbonyl (C=O) groups excluding carboxylic acids is 1. The maximum absolute atomic E-state index is 11.6. The van der Waals surface area contributed by atoms with Crippen molar-refractivity contribution in [3.8, 4) is 17.1 Å². The van der Waals surface area contributed by atoms with Crippen molar-refractivity contribution in [2.75, 3.05) is 18.0 Å². The first-order valence-electron chi connectivity index (χ1n) is 10.6. The maximum Gasteiger partial charge on any atom is 0.248 e. The average molecular weight is 428 g/mol. The summed E-state index contributed by atoms with van der Waals surface area (Å²) in [6.07, 6.45) is 5.65. The fourth-order valence-corrected chi connectivity index (χ4v) is 4.38. The number of hydrogen-bond acceptors (Lipinski definition) is 6.